The molecular weight excluding hydrogens is 320 g/mol. The molecule has 1 fully saturated rings. The van der Waals surface area contributed by atoms with E-state index in [1.165, 1.54) is 24.0 Å². The van der Waals surface area contributed by atoms with E-state index in [4.69, 9.17) is 0 Å². The lowest BCUT2D eigenvalue weighted by Crippen LogP contribution is -2.46. The first-order chi connectivity index (χ1) is 12.3. The minimum absolute atomic E-state index is 0.205. The lowest BCUT2D eigenvalue weighted by Gasteiger charge is -2.49. The summed E-state index contributed by atoms with van der Waals surface area (Å²) in [5.41, 5.74) is 4.88. The Morgan fingerprint density at radius 1 is 0.808 bits per heavy atom. The van der Waals surface area contributed by atoms with Crippen LogP contribution in [0, 0.1) is 23.2 Å². The maximum Gasteiger partial charge on any atom is 0.119 e. The van der Waals surface area contributed by atoms with Gasteiger partial charge in [0.2, 0.25) is 0 Å². The summed E-state index contributed by atoms with van der Waals surface area (Å²) < 4.78 is 0. The molecule has 1 saturated carbocycles. The van der Waals surface area contributed by atoms with Gasteiger partial charge >= 0.3 is 0 Å². The molecule has 2 N–H and O–H groups in total. The molecule has 136 valence electrons. The Morgan fingerprint density at radius 2 is 1.27 bits per heavy atom. The van der Waals surface area contributed by atoms with Gasteiger partial charge in [-0.15, -0.1) is 0 Å². The van der Waals surface area contributed by atoms with Gasteiger partial charge in [-0.05, 0) is 72.1 Å². The molecule has 0 saturated heterocycles. The fraction of sp³-hybridized carbons (Fsp3) is 0.500. The zero-order valence-corrected chi connectivity index (χ0v) is 15.9. The van der Waals surface area contributed by atoms with Crippen molar-refractivity contribution in [2.24, 2.45) is 23.2 Å². The largest absolute Gasteiger partial charge is 0.508 e. The van der Waals surface area contributed by atoms with Crippen molar-refractivity contribution in [3.63, 3.8) is 0 Å². The minimum atomic E-state index is -0.205. The molecule has 0 radical (unpaired) electrons. The van der Waals surface area contributed by atoms with E-state index >= 15 is 0 Å². The maximum absolute atomic E-state index is 10.9. The Kier molecular flexibility index (Phi) is 3.16. The molecule has 0 aliphatic heterocycles. The fourth-order valence-corrected chi connectivity index (χ4v) is 6.62. The van der Waals surface area contributed by atoms with Crippen LogP contribution in [0.1, 0.15) is 55.9 Å². The molecule has 1 spiro atoms. The molecule has 2 aromatic carbocycles. The SMILES string of the molecule is CC(C)(C)C1CC2Cc3cccc(O)c3C23c2c(O)cccc2C[C@H]3C1. The summed E-state index contributed by atoms with van der Waals surface area (Å²) in [6.45, 7) is 7.09. The van der Waals surface area contributed by atoms with E-state index in [2.05, 4.69) is 32.9 Å². The summed E-state index contributed by atoms with van der Waals surface area (Å²) in [5, 5.41) is 21.7. The van der Waals surface area contributed by atoms with Gasteiger partial charge in [0.1, 0.15) is 11.5 Å². The molecule has 5 rings (SSSR count). The van der Waals surface area contributed by atoms with Crippen molar-refractivity contribution in [3.05, 3.63) is 58.7 Å². The van der Waals surface area contributed by atoms with Gasteiger partial charge in [-0.25, -0.2) is 0 Å². The number of phenolic OH excluding ortho intramolecular Hbond substituents is 2. The predicted molar refractivity (Wildman–Crippen MR) is 104 cm³/mol. The molecule has 0 aromatic heterocycles. The summed E-state index contributed by atoms with van der Waals surface area (Å²) in [7, 11) is 0. The van der Waals surface area contributed by atoms with Gasteiger partial charge in [0.25, 0.3) is 0 Å². The third-order valence-corrected chi connectivity index (χ3v) is 7.67. The van der Waals surface area contributed by atoms with Gasteiger partial charge < -0.3 is 10.2 Å². The molecule has 2 nitrogen and oxygen atoms in total. The van der Waals surface area contributed by atoms with E-state index in [1.54, 1.807) is 0 Å². The number of hydrogen-bond acceptors (Lipinski definition) is 2. The van der Waals surface area contributed by atoms with Crippen molar-refractivity contribution in [1.29, 1.82) is 0 Å². The highest BCUT2D eigenvalue weighted by Gasteiger charge is 2.62. The van der Waals surface area contributed by atoms with E-state index in [-0.39, 0.29) is 5.41 Å². The van der Waals surface area contributed by atoms with Gasteiger partial charge in [-0.1, -0.05) is 45.0 Å². The van der Waals surface area contributed by atoms with Crippen LogP contribution in [0.25, 0.3) is 0 Å². The van der Waals surface area contributed by atoms with Crippen molar-refractivity contribution in [2.45, 2.75) is 51.9 Å². The third-order valence-electron chi connectivity index (χ3n) is 7.67. The standard InChI is InChI=1S/C24H28O2/c1-23(2,3)16-12-17-10-14-6-4-8-19(25)21(14)24(17)18(13-16)11-15-7-5-9-20(26)22(15)24/h4-9,16-18,25-26H,10-13H2,1-3H3/t16?,17-,18?,24?/m0/s1. The molecular formula is C24H28O2. The van der Waals surface area contributed by atoms with E-state index < -0.39 is 0 Å². The first-order valence-corrected chi connectivity index (χ1v) is 9.96. The number of phenols is 2. The van der Waals surface area contributed by atoms with E-state index in [1.807, 2.05) is 24.3 Å². The first-order valence-electron chi connectivity index (χ1n) is 9.96. The van der Waals surface area contributed by atoms with Gasteiger partial charge in [0.05, 0.1) is 0 Å². The Morgan fingerprint density at radius 3 is 1.69 bits per heavy atom. The second-order valence-corrected chi connectivity index (χ2v) is 9.83. The number of aromatic hydroxyl groups is 2. The van der Waals surface area contributed by atoms with Crippen molar-refractivity contribution in [1.82, 2.24) is 0 Å². The molecule has 2 heteroatoms. The monoisotopic (exact) mass is 348 g/mol. The Balaban J connectivity index is 1.78. The Bertz CT molecular complexity index is 822. The molecule has 26 heavy (non-hydrogen) atoms. The molecule has 3 aliphatic rings. The lowest BCUT2D eigenvalue weighted by atomic mass is 9.53. The van der Waals surface area contributed by atoms with Crippen molar-refractivity contribution >= 4 is 0 Å². The second kappa shape index (κ2) is 5.06. The smallest absolute Gasteiger partial charge is 0.119 e. The summed E-state index contributed by atoms with van der Waals surface area (Å²) in [6, 6.07) is 12.0. The van der Waals surface area contributed by atoms with Crippen molar-refractivity contribution in [2.75, 3.05) is 0 Å². The van der Waals surface area contributed by atoms with Crippen LogP contribution in [0.15, 0.2) is 36.4 Å². The van der Waals surface area contributed by atoms with Crippen LogP contribution < -0.4 is 0 Å². The van der Waals surface area contributed by atoms with Crippen molar-refractivity contribution < 1.29 is 10.2 Å². The second-order valence-electron chi connectivity index (χ2n) is 9.83. The van der Waals surface area contributed by atoms with Gasteiger partial charge in [0, 0.05) is 16.5 Å². The maximum atomic E-state index is 10.9. The molecule has 2 aromatic rings. The van der Waals surface area contributed by atoms with Crippen LogP contribution in [0.4, 0.5) is 0 Å². The number of rotatable bonds is 0. The zero-order valence-electron chi connectivity index (χ0n) is 15.9. The highest BCUT2D eigenvalue weighted by Crippen LogP contribution is 2.67. The Labute approximate surface area is 155 Å². The average molecular weight is 348 g/mol. The fourth-order valence-electron chi connectivity index (χ4n) is 6.62. The molecule has 3 unspecified atom stereocenters. The average Bonchev–Trinajstić information content (AvgIpc) is 3.07. The van der Waals surface area contributed by atoms with E-state index in [0.29, 0.717) is 34.7 Å². The first kappa shape index (κ1) is 16.2. The van der Waals surface area contributed by atoms with Gasteiger partial charge in [0.15, 0.2) is 0 Å². The van der Waals surface area contributed by atoms with E-state index in [0.717, 1.165) is 24.0 Å². The number of hydrogen-bond donors (Lipinski definition) is 2. The quantitative estimate of drug-likeness (QED) is 0.688. The van der Waals surface area contributed by atoms with Crippen LogP contribution in [-0.2, 0) is 18.3 Å². The molecule has 3 aliphatic carbocycles. The highest BCUT2D eigenvalue weighted by atomic mass is 16.3. The van der Waals surface area contributed by atoms with Crippen LogP contribution in [0.2, 0.25) is 0 Å². The molecule has 0 heterocycles. The van der Waals surface area contributed by atoms with Crippen LogP contribution in [-0.4, -0.2) is 10.2 Å². The summed E-state index contributed by atoms with van der Waals surface area (Å²) in [6.07, 6.45) is 4.37. The predicted octanol–water partition coefficient (Wildman–Crippen LogP) is 5.18. The summed E-state index contributed by atoms with van der Waals surface area (Å²) in [5.74, 6) is 2.44. The summed E-state index contributed by atoms with van der Waals surface area (Å²) >= 11 is 0. The highest BCUT2D eigenvalue weighted by molar-refractivity contribution is 5.64. The van der Waals surface area contributed by atoms with Gasteiger partial charge in [-0.3, -0.25) is 0 Å². The number of fused-ring (bicyclic) bond motifs is 2. The molecule has 0 amide bonds. The number of benzene rings is 2. The molecule has 4 atom stereocenters. The van der Waals surface area contributed by atoms with Crippen molar-refractivity contribution in [3.8, 4) is 11.5 Å². The zero-order chi connectivity index (χ0) is 18.3. The van der Waals surface area contributed by atoms with Gasteiger partial charge in [-0.2, -0.15) is 0 Å². The molecule has 0 bridgehead atoms. The summed E-state index contributed by atoms with van der Waals surface area (Å²) in [4.78, 5) is 0. The van der Waals surface area contributed by atoms with Crippen LogP contribution >= 0.6 is 0 Å². The van der Waals surface area contributed by atoms with E-state index in [9.17, 15) is 10.2 Å². The third kappa shape index (κ3) is 1.88. The lowest BCUT2D eigenvalue weighted by molar-refractivity contribution is 0.0591. The Hall–Kier alpha value is -1.96. The minimum Gasteiger partial charge on any atom is -0.508 e. The van der Waals surface area contributed by atoms with Crippen LogP contribution in [0.5, 0.6) is 11.5 Å². The normalized spacial score (nSPS) is 31.9. The topological polar surface area (TPSA) is 40.5 Å². The van der Waals surface area contributed by atoms with Crippen LogP contribution in [0.3, 0.4) is 0 Å².